The van der Waals surface area contributed by atoms with Crippen molar-refractivity contribution in [3.63, 3.8) is 0 Å². The van der Waals surface area contributed by atoms with Gasteiger partial charge in [0.15, 0.2) is 17.1 Å². The molecule has 0 unspecified atom stereocenters. The fourth-order valence-corrected chi connectivity index (χ4v) is 4.89. The van der Waals surface area contributed by atoms with Gasteiger partial charge in [-0.25, -0.2) is 0 Å². The third kappa shape index (κ3) is 4.84. The Balaban J connectivity index is 1.49. The minimum Gasteiger partial charge on any atom is -0.493 e. The highest BCUT2D eigenvalue weighted by Gasteiger charge is 2.25. The summed E-state index contributed by atoms with van der Waals surface area (Å²) in [6.45, 7) is 0. The van der Waals surface area contributed by atoms with E-state index in [0.29, 0.717) is 46.1 Å². The number of methoxy groups -OCH3 is 3. The number of aliphatic hydroxyl groups excluding tert-OH is 1. The van der Waals surface area contributed by atoms with Crippen LogP contribution in [0.3, 0.4) is 0 Å². The van der Waals surface area contributed by atoms with E-state index in [0.717, 1.165) is 36.0 Å². The Morgan fingerprint density at radius 2 is 1.73 bits per heavy atom. The number of carbonyl (C=O) groups excluding carboxylic acids is 1. The van der Waals surface area contributed by atoms with Gasteiger partial charge in [0.05, 0.1) is 33.5 Å². The number of amides is 1. The average Bonchev–Trinajstić information content (AvgIpc) is 3.38. The van der Waals surface area contributed by atoms with E-state index < -0.39 is 6.10 Å². The number of pyridine rings is 1. The Kier molecular flexibility index (Phi) is 7.01. The van der Waals surface area contributed by atoms with E-state index in [1.54, 1.807) is 33.6 Å². The molecule has 0 bridgehead atoms. The number of fused-ring (bicyclic) bond motifs is 1. The molecule has 2 aromatic heterocycles. The smallest absolute Gasteiger partial charge is 0.251 e. The number of nitrogens with zero attached hydrogens (tertiary/aromatic N) is 1. The molecule has 8 heteroatoms. The zero-order valence-electron chi connectivity index (χ0n) is 21.1. The van der Waals surface area contributed by atoms with Gasteiger partial charge in [0, 0.05) is 29.0 Å². The number of benzene rings is 2. The van der Waals surface area contributed by atoms with E-state index in [9.17, 15) is 9.90 Å². The molecule has 0 radical (unpaired) electrons. The van der Waals surface area contributed by atoms with Gasteiger partial charge in [-0.3, -0.25) is 9.78 Å². The molecule has 4 aromatic rings. The first-order chi connectivity index (χ1) is 18.0. The second-order valence-electron chi connectivity index (χ2n) is 9.11. The Morgan fingerprint density at radius 1 is 0.973 bits per heavy atom. The Morgan fingerprint density at radius 3 is 2.43 bits per heavy atom. The molecule has 2 aromatic carbocycles. The Hall–Kier alpha value is -4.04. The van der Waals surface area contributed by atoms with E-state index in [4.69, 9.17) is 18.6 Å². The van der Waals surface area contributed by atoms with Crippen LogP contribution in [0.25, 0.3) is 33.6 Å². The molecule has 0 aliphatic heterocycles. The number of aliphatic hydroxyl groups is 1. The van der Waals surface area contributed by atoms with Gasteiger partial charge in [-0.15, -0.1) is 0 Å². The zero-order valence-corrected chi connectivity index (χ0v) is 21.1. The predicted octanol–water partition coefficient (Wildman–Crippen LogP) is 5.22. The molecular weight excluding hydrogens is 472 g/mol. The maximum atomic E-state index is 13.0. The number of hydrogen-bond donors (Lipinski definition) is 2. The molecule has 2 N–H and O–H groups in total. The first-order valence-corrected chi connectivity index (χ1v) is 12.3. The summed E-state index contributed by atoms with van der Waals surface area (Å²) in [4.78, 5) is 17.5. The number of ether oxygens (including phenoxy) is 3. The van der Waals surface area contributed by atoms with E-state index in [1.807, 2.05) is 42.5 Å². The van der Waals surface area contributed by atoms with Crippen molar-refractivity contribution < 1.29 is 28.5 Å². The summed E-state index contributed by atoms with van der Waals surface area (Å²) in [6, 6.07) is 14.5. The summed E-state index contributed by atoms with van der Waals surface area (Å²) in [5.74, 6) is 1.93. The maximum Gasteiger partial charge on any atom is 0.251 e. The van der Waals surface area contributed by atoms with Gasteiger partial charge in [0.25, 0.3) is 5.91 Å². The van der Waals surface area contributed by atoms with Gasteiger partial charge in [-0.1, -0.05) is 25.0 Å². The predicted molar refractivity (Wildman–Crippen MR) is 140 cm³/mol. The van der Waals surface area contributed by atoms with Gasteiger partial charge in [-0.05, 0) is 48.7 Å². The average molecular weight is 503 g/mol. The van der Waals surface area contributed by atoms with Crippen LogP contribution in [0.4, 0.5) is 0 Å². The second-order valence-corrected chi connectivity index (χ2v) is 9.11. The fraction of sp³-hybridized carbons (Fsp3) is 0.310. The van der Waals surface area contributed by atoms with Crippen molar-refractivity contribution in [2.45, 2.75) is 37.8 Å². The van der Waals surface area contributed by atoms with Crippen molar-refractivity contribution in [3.8, 4) is 39.7 Å². The Bertz CT molecular complexity index is 1400. The lowest BCUT2D eigenvalue weighted by Crippen LogP contribution is -2.45. The van der Waals surface area contributed by atoms with Crippen LogP contribution in [0.5, 0.6) is 17.2 Å². The lowest BCUT2D eigenvalue weighted by Gasteiger charge is -2.28. The first-order valence-electron chi connectivity index (χ1n) is 12.3. The minimum atomic E-state index is -0.502. The van der Waals surface area contributed by atoms with Gasteiger partial charge in [0.2, 0.25) is 5.75 Å². The molecule has 2 atom stereocenters. The highest BCUT2D eigenvalue weighted by atomic mass is 16.5. The van der Waals surface area contributed by atoms with Crippen LogP contribution < -0.4 is 19.5 Å². The van der Waals surface area contributed by atoms with Gasteiger partial charge >= 0.3 is 0 Å². The van der Waals surface area contributed by atoms with Crippen molar-refractivity contribution in [3.05, 3.63) is 60.3 Å². The molecule has 1 amide bonds. The molecule has 1 fully saturated rings. The lowest BCUT2D eigenvalue weighted by atomic mass is 9.92. The fourth-order valence-electron chi connectivity index (χ4n) is 4.89. The molecule has 2 heterocycles. The third-order valence-electron chi connectivity index (χ3n) is 6.84. The normalized spacial score (nSPS) is 17.4. The number of hydrogen-bond acceptors (Lipinski definition) is 7. The quantitative estimate of drug-likeness (QED) is 0.357. The topological polar surface area (TPSA) is 103 Å². The van der Waals surface area contributed by atoms with Gasteiger partial charge < -0.3 is 29.1 Å². The van der Waals surface area contributed by atoms with Gasteiger partial charge in [-0.2, -0.15) is 0 Å². The van der Waals surface area contributed by atoms with Crippen LogP contribution >= 0.6 is 0 Å². The van der Waals surface area contributed by atoms with E-state index in [2.05, 4.69) is 10.3 Å². The molecule has 8 nitrogen and oxygen atoms in total. The number of aromatic nitrogens is 1. The SMILES string of the molecule is COc1cc(-c2cc3nccc(-c4cccc(C(=O)N[C@@H]5CCCC[C@H]5O)c4)c3o2)cc(OC)c1OC. The van der Waals surface area contributed by atoms with Crippen LogP contribution in [0.2, 0.25) is 0 Å². The van der Waals surface area contributed by atoms with Crippen molar-refractivity contribution >= 4 is 17.0 Å². The molecule has 0 spiro atoms. The first kappa shape index (κ1) is 24.6. The maximum absolute atomic E-state index is 13.0. The van der Waals surface area contributed by atoms with E-state index in [-0.39, 0.29) is 11.9 Å². The standard InChI is InChI=1S/C29H30N2O6/c1-34-25-14-19(15-26(35-2)28(25)36-3)24-16-22-27(37-24)20(11-12-30-22)17-7-6-8-18(13-17)29(33)31-21-9-4-5-10-23(21)32/h6-8,11-16,21,23,32H,4-5,9-10H2,1-3H3,(H,31,33)/t21-,23-/m1/s1. The molecule has 5 rings (SSSR count). The van der Waals surface area contributed by atoms with Crippen LogP contribution in [0.15, 0.2) is 59.1 Å². The van der Waals surface area contributed by atoms with Crippen molar-refractivity contribution in [2.24, 2.45) is 0 Å². The zero-order chi connectivity index (χ0) is 25.9. The highest BCUT2D eigenvalue weighted by molar-refractivity contribution is 5.98. The Labute approximate surface area is 215 Å². The third-order valence-corrected chi connectivity index (χ3v) is 6.84. The van der Waals surface area contributed by atoms with Crippen LogP contribution in [-0.2, 0) is 0 Å². The molecule has 0 saturated heterocycles. The van der Waals surface area contributed by atoms with Crippen LogP contribution in [0, 0.1) is 0 Å². The minimum absolute atomic E-state index is 0.198. The summed E-state index contributed by atoms with van der Waals surface area (Å²) < 4.78 is 22.7. The van der Waals surface area contributed by atoms with Crippen molar-refractivity contribution in [1.82, 2.24) is 10.3 Å². The summed E-state index contributed by atoms with van der Waals surface area (Å²) in [5.41, 5.74) is 4.20. The molecule has 1 aliphatic rings. The summed E-state index contributed by atoms with van der Waals surface area (Å²) in [5, 5.41) is 13.2. The second kappa shape index (κ2) is 10.5. The molecule has 37 heavy (non-hydrogen) atoms. The number of rotatable bonds is 7. The van der Waals surface area contributed by atoms with Crippen molar-refractivity contribution in [2.75, 3.05) is 21.3 Å². The molecule has 1 saturated carbocycles. The van der Waals surface area contributed by atoms with E-state index >= 15 is 0 Å². The number of nitrogens with one attached hydrogen (secondary N) is 1. The number of carbonyl (C=O) groups is 1. The largest absolute Gasteiger partial charge is 0.493 e. The van der Waals surface area contributed by atoms with Gasteiger partial charge in [0.1, 0.15) is 11.3 Å². The van der Waals surface area contributed by atoms with Crippen molar-refractivity contribution in [1.29, 1.82) is 0 Å². The summed E-state index contributed by atoms with van der Waals surface area (Å²) in [7, 11) is 4.69. The van der Waals surface area contributed by atoms with Crippen LogP contribution in [-0.4, -0.2) is 49.5 Å². The summed E-state index contributed by atoms with van der Waals surface area (Å²) in [6.07, 6.45) is 4.71. The van der Waals surface area contributed by atoms with Crippen LogP contribution in [0.1, 0.15) is 36.0 Å². The molecule has 192 valence electrons. The summed E-state index contributed by atoms with van der Waals surface area (Å²) >= 11 is 0. The monoisotopic (exact) mass is 502 g/mol. The lowest BCUT2D eigenvalue weighted by molar-refractivity contribution is 0.0717. The molecule has 1 aliphatic carbocycles. The molecular formula is C29H30N2O6. The van der Waals surface area contributed by atoms with E-state index in [1.165, 1.54) is 0 Å². The number of furan rings is 1. The highest BCUT2D eigenvalue weighted by Crippen LogP contribution is 2.42.